The highest BCUT2D eigenvalue weighted by Gasteiger charge is 2.32. The Bertz CT molecular complexity index is 2190. The number of likely N-dealkylation sites (tertiary alicyclic amines) is 2. The Morgan fingerprint density at radius 1 is 0.625 bits per heavy atom. The molecule has 4 aromatic carbocycles. The molecule has 0 bridgehead atoms. The van der Waals surface area contributed by atoms with Gasteiger partial charge in [-0.05, 0) is 137 Å². The number of nitrogens with zero attached hydrogens (tertiary/aromatic N) is 4. The van der Waals surface area contributed by atoms with Gasteiger partial charge in [0.15, 0.2) is 0 Å². The van der Waals surface area contributed by atoms with Crippen LogP contribution in [0.1, 0.15) is 76.2 Å². The lowest BCUT2D eigenvalue weighted by Crippen LogP contribution is -2.29. The van der Waals surface area contributed by atoms with Crippen LogP contribution in [-0.2, 0) is 0 Å². The highest BCUT2D eigenvalue weighted by molar-refractivity contribution is 9.10. The highest BCUT2D eigenvalue weighted by atomic mass is 79.9. The van der Waals surface area contributed by atoms with Crippen molar-refractivity contribution in [3.8, 4) is 11.4 Å². The van der Waals surface area contributed by atoms with Crippen molar-refractivity contribution in [2.75, 3.05) is 26.2 Å². The average molecular weight is 902 g/mol. The molecule has 2 aliphatic rings. The lowest BCUT2D eigenvalue weighted by molar-refractivity contribution is 0.0697. The molecular formula is C44H41Br2F2N5O2S. The van der Waals surface area contributed by atoms with E-state index >= 15 is 0 Å². The number of benzene rings is 4. The van der Waals surface area contributed by atoms with Gasteiger partial charge < -0.3 is 20.0 Å². The smallest absolute Gasteiger partial charge is 0.337 e. The van der Waals surface area contributed by atoms with Gasteiger partial charge in [0.2, 0.25) is 0 Å². The van der Waals surface area contributed by atoms with Crippen molar-refractivity contribution in [1.29, 1.82) is 0 Å². The Balaban J connectivity index is 0.000000172. The van der Waals surface area contributed by atoms with Crippen molar-refractivity contribution in [3.05, 3.63) is 176 Å². The van der Waals surface area contributed by atoms with Crippen molar-refractivity contribution >= 4 is 55.0 Å². The molecule has 2 saturated heterocycles. The molecule has 2 aromatic heterocycles. The molecule has 2 fully saturated rings. The number of halogens is 4. The summed E-state index contributed by atoms with van der Waals surface area (Å²) < 4.78 is 35.4. The minimum atomic E-state index is -0.985. The fraction of sp³-hybridized carbons (Fsp3) is 0.227. The minimum Gasteiger partial charge on any atom is -0.478 e. The average Bonchev–Trinajstić information content (AvgIpc) is 4.05. The van der Waals surface area contributed by atoms with Crippen LogP contribution in [0.3, 0.4) is 0 Å². The van der Waals surface area contributed by atoms with Crippen molar-refractivity contribution < 1.29 is 18.7 Å². The van der Waals surface area contributed by atoms with Crippen molar-refractivity contribution in [2.24, 2.45) is 5.73 Å². The molecule has 0 aliphatic carbocycles. The third kappa shape index (κ3) is 8.45. The van der Waals surface area contributed by atoms with Gasteiger partial charge in [0.05, 0.1) is 29.0 Å². The van der Waals surface area contributed by atoms with Gasteiger partial charge in [0.25, 0.3) is 0 Å². The zero-order chi connectivity index (χ0) is 39.3. The second-order valence-corrected chi connectivity index (χ2v) is 16.2. The van der Waals surface area contributed by atoms with Crippen LogP contribution in [0.5, 0.6) is 0 Å². The van der Waals surface area contributed by atoms with Gasteiger partial charge in [-0.25, -0.2) is 13.6 Å². The topological polar surface area (TPSA) is 79.7 Å². The second kappa shape index (κ2) is 17.8. The van der Waals surface area contributed by atoms with E-state index in [1.807, 2.05) is 77.6 Å². The zero-order valence-electron chi connectivity index (χ0n) is 30.5. The van der Waals surface area contributed by atoms with Crippen LogP contribution in [-0.4, -0.2) is 61.2 Å². The molecule has 8 rings (SSSR count). The molecule has 0 spiro atoms. The number of thiocarbonyl (C=S) groups is 1. The Morgan fingerprint density at radius 3 is 1.46 bits per heavy atom. The van der Waals surface area contributed by atoms with E-state index in [4.69, 9.17) is 18.0 Å². The van der Waals surface area contributed by atoms with Gasteiger partial charge in [-0.3, -0.25) is 9.80 Å². The summed E-state index contributed by atoms with van der Waals surface area (Å²) in [6.07, 6.45) is 8.21. The molecule has 288 valence electrons. The van der Waals surface area contributed by atoms with E-state index in [1.54, 1.807) is 30.3 Å². The molecule has 0 radical (unpaired) electrons. The van der Waals surface area contributed by atoms with Crippen molar-refractivity contribution in [1.82, 2.24) is 18.9 Å². The molecule has 2 aliphatic heterocycles. The number of para-hydroxylation sites is 2. The lowest BCUT2D eigenvalue weighted by atomic mass is 10.0. The number of rotatable bonds is 10. The van der Waals surface area contributed by atoms with Gasteiger partial charge in [-0.1, -0.05) is 68.3 Å². The molecule has 3 N–H and O–H groups in total. The summed E-state index contributed by atoms with van der Waals surface area (Å²) in [7, 11) is 0. The normalized spacial score (nSPS) is 15.6. The first-order valence-electron chi connectivity index (χ1n) is 18.6. The zero-order valence-corrected chi connectivity index (χ0v) is 34.5. The number of nitrogens with two attached hydrogens (primary N) is 1. The SMILES string of the molecule is NC(=S)c1ccccc1-n1cccc1C(c1cc(Br)ccc1F)N1CCCC1.O=C(O)c1ccccc1-n1cccc1C(c1cc(Br)ccc1F)N1CCCC1. The summed E-state index contributed by atoms with van der Waals surface area (Å²) in [6.45, 7) is 3.64. The van der Waals surface area contributed by atoms with Crippen LogP contribution in [0.2, 0.25) is 0 Å². The molecule has 2 unspecified atom stereocenters. The van der Waals surface area contributed by atoms with Gasteiger partial charge >= 0.3 is 5.97 Å². The van der Waals surface area contributed by atoms with E-state index in [9.17, 15) is 18.7 Å². The van der Waals surface area contributed by atoms with Crippen LogP contribution in [0.15, 0.2) is 131 Å². The molecule has 56 heavy (non-hydrogen) atoms. The van der Waals surface area contributed by atoms with Crippen LogP contribution < -0.4 is 5.73 Å². The van der Waals surface area contributed by atoms with E-state index < -0.39 is 5.97 Å². The number of aromatic nitrogens is 2. The van der Waals surface area contributed by atoms with Crippen LogP contribution >= 0.6 is 44.1 Å². The summed E-state index contributed by atoms with van der Waals surface area (Å²) in [6, 6.07) is 32.2. The number of carboxylic acid groups (broad SMARTS) is 1. The van der Waals surface area contributed by atoms with E-state index in [0.717, 1.165) is 83.4 Å². The first-order chi connectivity index (χ1) is 27.1. The van der Waals surface area contributed by atoms with E-state index in [1.165, 1.54) is 12.1 Å². The van der Waals surface area contributed by atoms with E-state index in [2.05, 4.69) is 52.3 Å². The Kier molecular flexibility index (Phi) is 12.6. The quantitative estimate of drug-likeness (QED) is 0.133. The molecule has 0 saturated carbocycles. The molecule has 7 nitrogen and oxygen atoms in total. The number of carboxylic acids is 1. The third-order valence-corrected chi connectivity index (χ3v) is 11.7. The number of carbonyl (C=O) groups is 1. The van der Waals surface area contributed by atoms with Gasteiger partial charge in [0.1, 0.15) is 16.6 Å². The van der Waals surface area contributed by atoms with Crippen LogP contribution in [0.25, 0.3) is 11.4 Å². The first kappa shape index (κ1) is 39.8. The maximum absolute atomic E-state index is 14.9. The Labute approximate surface area is 347 Å². The monoisotopic (exact) mass is 899 g/mol. The fourth-order valence-electron chi connectivity index (χ4n) is 7.96. The fourth-order valence-corrected chi connectivity index (χ4v) is 8.89. The summed E-state index contributed by atoms with van der Waals surface area (Å²) >= 11 is 12.2. The van der Waals surface area contributed by atoms with Gasteiger partial charge in [-0.2, -0.15) is 0 Å². The molecule has 2 atom stereocenters. The molecule has 0 amide bonds. The highest BCUT2D eigenvalue weighted by Crippen LogP contribution is 2.38. The maximum atomic E-state index is 14.9. The third-order valence-electron chi connectivity index (χ3n) is 10.5. The molecule has 12 heteroatoms. The van der Waals surface area contributed by atoms with Gasteiger partial charge in [0, 0.05) is 49.4 Å². The number of hydrogen-bond donors (Lipinski definition) is 2. The Hall–Kier alpha value is -4.46. The minimum absolute atomic E-state index is 0.186. The summed E-state index contributed by atoms with van der Waals surface area (Å²) in [5, 5.41) is 9.61. The largest absolute Gasteiger partial charge is 0.478 e. The lowest BCUT2D eigenvalue weighted by Gasteiger charge is -2.30. The standard InChI is InChI=1S/C22H21BrFN3S.C22H20BrFN2O2/c23-15-9-10-18(24)17(14-15)21(26-11-3-4-12-26)20-8-5-13-27(20)19-7-2-1-6-16(19)22(25)28;23-15-9-10-18(24)17(14-15)21(25-11-3-4-12-25)20-8-5-13-26(20)19-7-2-1-6-16(19)22(27)28/h1-2,5-10,13-14,21H,3-4,11-12H2,(H2,25,28);1-2,5-10,13-14,21H,3-4,11-12H2,(H,27,28). The van der Waals surface area contributed by atoms with Crippen LogP contribution in [0, 0.1) is 11.6 Å². The molecular weight excluding hydrogens is 860 g/mol. The summed E-state index contributed by atoms with van der Waals surface area (Å²) in [5.74, 6) is -1.45. The summed E-state index contributed by atoms with van der Waals surface area (Å²) in [5.41, 5.74) is 11.6. The van der Waals surface area contributed by atoms with Crippen LogP contribution in [0.4, 0.5) is 8.78 Å². The Morgan fingerprint density at radius 2 is 1.04 bits per heavy atom. The predicted molar refractivity (Wildman–Crippen MR) is 228 cm³/mol. The summed E-state index contributed by atoms with van der Waals surface area (Å²) in [4.78, 5) is 16.7. The molecule has 6 aromatic rings. The van der Waals surface area contributed by atoms with Crippen molar-refractivity contribution in [3.63, 3.8) is 0 Å². The van der Waals surface area contributed by atoms with Gasteiger partial charge in [-0.15, -0.1) is 0 Å². The first-order valence-corrected chi connectivity index (χ1v) is 20.6. The van der Waals surface area contributed by atoms with Crippen molar-refractivity contribution in [2.45, 2.75) is 37.8 Å². The van der Waals surface area contributed by atoms with E-state index in [0.29, 0.717) is 21.8 Å². The number of hydrogen-bond acceptors (Lipinski definition) is 4. The second-order valence-electron chi connectivity index (χ2n) is 13.9. The molecule has 4 heterocycles. The number of aromatic carboxylic acids is 1. The van der Waals surface area contributed by atoms with E-state index in [-0.39, 0.29) is 29.3 Å². The predicted octanol–water partition coefficient (Wildman–Crippen LogP) is 10.5. The maximum Gasteiger partial charge on any atom is 0.337 e.